The number of rotatable bonds is 3. The van der Waals surface area contributed by atoms with Gasteiger partial charge in [-0.3, -0.25) is 0 Å². The predicted molar refractivity (Wildman–Crippen MR) is 43.1 cm³/mol. The van der Waals surface area contributed by atoms with Crippen molar-refractivity contribution in [1.82, 2.24) is 0 Å². The molecule has 0 aliphatic heterocycles. The molecule has 0 unspecified atom stereocenters. The van der Waals surface area contributed by atoms with E-state index in [9.17, 15) is 0 Å². The average molecular weight is 139 g/mol. The van der Waals surface area contributed by atoms with E-state index in [0.717, 1.165) is 20.4 Å². The summed E-state index contributed by atoms with van der Waals surface area (Å²) in [6.45, 7) is 0.217. The largest absolute Gasteiger partial charge is 0.0692 e. The van der Waals surface area contributed by atoms with Gasteiger partial charge in [-0.15, -0.1) is 0 Å². The van der Waals surface area contributed by atoms with Crippen molar-refractivity contribution in [2.24, 2.45) is 0 Å². The van der Waals surface area contributed by atoms with Gasteiger partial charge in [-0.05, 0) is 0 Å². The molecule has 50 valence electrons. The van der Waals surface area contributed by atoms with Crippen molar-refractivity contribution in [3.05, 3.63) is 0 Å². The summed E-state index contributed by atoms with van der Waals surface area (Å²) in [6, 6.07) is 0. The Morgan fingerprint density at radius 2 is 1.88 bits per heavy atom. The van der Waals surface area contributed by atoms with Crippen LogP contribution in [0, 0.1) is 0 Å². The second kappa shape index (κ2) is 3.28. The summed E-state index contributed by atoms with van der Waals surface area (Å²) in [6.07, 6.45) is 0. The Kier molecular flexibility index (Phi) is 0.668. The molecule has 0 aromatic heterocycles. The molecule has 0 saturated carbocycles. The first-order valence-electron chi connectivity index (χ1n) is 7.00. The van der Waals surface area contributed by atoms with E-state index in [1.165, 1.54) is 0 Å². The van der Waals surface area contributed by atoms with Crippen molar-refractivity contribution >= 4 is 8.07 Å². The fourth-order valence-electron chi connectivity index (χ4n) is 0.250. The van der Waals surface area contributed by atoms with Gasteiger partial charge < -0.3 is 0 Å². The van der Waals surface area contributed by atoms with Crippen LogP contribution in [-0.4, -0.2) is 8.07 Å². The minimum atomic E-state index is -4.08. The molecule has 0 saturated heterocycles. The average Bonchev–Trinajstić information content (AvgIpc) is 1.95. The summed E-state index contributed by atoms with van der Waals surface area (Å²) < 4.78 is 67.8. The van der Waals surface area contributed by atoms with Crippen LogP contribution in [0.4, 0.5) is 0 Å². The van der Waals surface area contributed by atoms with E-state index in [1.54, 1.807) is 0 Å². The Labute approximate surface area is 67.0 Å². The molecule has 0 nitrogen and oxygen atoms in total. The molecule has 1 heteroatoms. The van der Waals surface area contributed by atoms with Gasteiger partial charge in [0, 0.05) is 20.4 Å². The first-order valence-corrected chi connectivity index (χ1v) is 5.00. The maximum atomic E-state index is 7.73. The zero-order valence-corrected chi connectivity index (χ0v) is 6.50. The van der Waals surface area contributed by atoms with Crippen molar-refractivity contribution in [3.8, 4) is 0 Å². The summed E-state index contributed by atoms with van der Waals surface area (Å²) >= 11 is 0. The molecule has 0 amide bonds. The molecule has 0 fully saturated rings. The summed E-state index contributed by atoms with van der Waals surface area (Å²) in [5.41, 5.74) is 0. The maximum absolute atomic E-state index is 7.73. The van der Waals surface area contributed by atoms with Crippen LogP contribution in [0.1, 0.15) is 33.0 Å². The summed E-state index contributed by atoms with van der Waals surface area (Å²) in [5, 5.41) is 0. The first-order chi connectivity index (χ1) is 7.00. The highest BCUT2D eigenvalue weighted by Gasteiger charge is 2.18. The van der Waals surface area contributed by atoms with Crippen LogP contribution >= 0.6 is 0 Å². The third-order valence-corrected chi connectivity index (χ3v) is 3.75. The van der Waals surface area contributed by atoms with Crippen molar-refractivity contribution < 1.29 is 12.3 Å². The normalized spacial score (nSPS) is 35.6. The molecule has 0 atom stereocenters. The minimum absolute atomic E-state index is 1.06. The Morgan fingerprint density at radius 3 is 2.00 bits per heavy atom. The van der Waals surface area contributed by atoms with Crippen LogP contribution in [0.2, 0.25) is 24.5 Å². The molecule has 8 heavy (non-hydrogen) atoms. The second-order valence-electron chi connectivity index (χ2n) is 1.75. The quantitative estimate of drug-likeness (QED) is 0.527. The molecule has 0 heterocycles. The molecule has 0 rings (SSSR count). The lowest BCUT2D eigenvalue weighted by Gasteiger charge is -2.20. The first kappa shape index (κ1) is 1.63. The summed E-state index contributed by atoms with van der Waals surface area (Å²) in [5.74, 6) is -7.23. The third-order valence-electron chi connectivity index (χ3n) is 1.25. The zero-order valence-electron chi connectivity index (χ0n) is 14.5. The van der Waals surface area contributed by atoms with Gasteiger partial charge in [0.05, 0.1) is 0 Å². The Bertz CT molecular complexity index is 267. The SMILES string of the molecule is [2H]C([2H])([2H])C([2H])([2H])[Si](C)(C([2H])([2H])C)C([2H])([2H])C. The molecule has 0 aromatic rings. The predicted octanol–water partition coefficient (Wildman–Crippen LogP) is 3.12. The lowest BCUT2D eigenvalue weighted by Crippen LogP contribution is -2.25. The zero-order chi connectivity index (χ0) is 14.5. The standard InChI is InChI=1S/C7H18Si/c1-5-8(4,6-2)7-3/h5-7H2,1-4H3/i1D3,5D2,6D2,7D2. The van der Waals surface area contributed by atoms with Crippen LogP contribution < -0.4 is 0 Å². The van der Waals surface area contributed by atoms with Crippen molar-refractivity contribution in [3.63, 3.8) is 0 Å². The lowest BCUT2D eigenvalue weighted by molar-refractivity contribution is 1.18. The molecule has 0 aromatic carbocycles. The molecular formula is C7H18Si. The van der Waals surface area contributed by atoms with Gasteiger partial charge in [0.2, 0.25) is 0 Å². The molecule has 0 aliphatic rings. The van der Waals surface area contributed by atoms with E-state index in [4.69, 9.17) is 12.3 Å². The van der Waals surface area contributed by atoms with Crippen molar-refractivity contribution in [1.29, 1.82) is 0 Å². The highest BCUT2D eigenvalue weighted by atomic mass is 28.3. The summed E-state index contributed by atoms with van der Waals surface area (Å²) in [4.78, 5) is 0. The van der Waals surface area contributed by atoms with Gasteiger partial charge in [0.15, 0.2) is 0 Å². The van der Waals surface area contributed by atoms with E-state index in [0.29, 0.717) is 0 Å². The smallest absolute Gasteiger partial charge is 0.0496 e. The lowest BCUT2D eigenvalue weighted by atomic mass is 10.9. The van der Waals surface area contributed by atoms with E-state index < -0.39 is 32.9 Å². The van der Waals surface area contributed by atoms with E-state index >= 15 is 0 Å². The third kappa shape index (κ3) is 1.99. The number of hydrogen-bond acceptors (Lipinski definition) is 0. The van der Waals surface area contributed by atoms with Crippen LogP contribution in [0.15, 0.2) is 0 Å². The van der Waals surface area contributed by atoms with Gasteiger partial charge in [-0.1, -0.05) is 45.2 Å². The fourth-order valence-corrected chi connectivity index (χ4v) is 0.750. The molecule has 0 N–H and O–H groups in total. The van der Waals surface area contributed by atoms with Gasteiger partial charge in [0.25, 0.3) is 0 Å². The van der Waals surface area contributed by atoms with Crippen molar-refractivity contribution in [2.75, 3.05) is 0 Å². The number of hydrogen-bond donors (Lipinski definition) is 0. The van der Waals surface area contributed by atoms with Crippen LogP contribution in [0.3, 0.4) is 0 Å². The Balaban J connectivity index is 6.04. The Morgan fingerprint density at radius 1 is 1.38 bits per heavy atom. The summed E-state index contributed by atoms with van der Waals surface area (Å²) in [7, 11) is -4.08. The molecule has 0 aliphatic carbocycles. The molecule has 0 spiro atoms. The molecule has 0 radical (unpaired) electrons. The van der Waals surface area contributed by atoms with Gasteiger partial charge in [0.1, 0.15) is 0 Å². The maximum Gasteiger partial charge on any atom is 0.0496 e. The van der Waals surface area contributed by atoms with E-state index in [1.807, 2.05) is 0 Å². The molecular weight excluding hydrogens is 112 g/mol. The van der Waals surface area contributed by atoms with E-state index in [2.05, 4.69) is 0 Å². The topological polar surface area (TPSA) is 0 Å². The van der Waals surface area contributed by atoms with Gasteiger partial charge in [-0.2, -0.15) is 0 Å². The molecule has 0 bridgehead atoms. The highest BCUT2D eigenvalue weighted by molar-refractivity contribution is 6.78. The Hall–Kier alpha value is 0.217. The highest BCUT2D eigenvalue weighted by Crippen LogP contribution is 2.18. The minimum Gasteiger partial charge on any atom is -0.0692 e. The van der Waals surface area contributed by atoms with Crippen LogP contribution in [0.5, 0.6) is 0 Å². The van der Waals surface area contributed by atoms with Crippen LogP contribution in [-0.2, 0) is 0 Å². The second-order valence-corrected chi connectivity index (χ2v) is 5.25. The van der Waals surface area contributed by atoms with E-state index in [-0.39, 0.29) is 0 Å². The van der Waals surface area contributed by atoms with Gasteiger partial charge in [-0.25, -0.2) is 0 Å². The van der Waals surface area contributed by atoms with Crippen molar-refractivity contribution in [2.45, 2.75) is 45.2 Å². The fraction of sp³-hybridized carbons (Fsp3) is 1.00. The van der Waals surface area contributed by atoms with Crippen LogP contribution in [0.25, 0.3) is 0 Å². The monoisotopic (exact) mass is 139 g/mol. The van der Waals surface area contributed by atoms with Gasteiger partial charge >= 0.3 is 0 Å².